The number of carbonyl (C=O) groups excluding carboxylic acids is 1. The number of nitrogens with zero attached hydrogens (tertiary/aromatic N) is 8. The number of ketones is 1. The number of unbranched alkanes of at least 4 members (excludes halogenated alkanes) is 1. The highest BCUT2D eigenvalue weighted by Gasteiger charge is 2.15. The van der Waals surface area contributed by atoms with E-state index in [-0.39, 0.29) is 28.3 Å². The number of hydrogen-bond donors (Lipinski definition) is 1. The molecule has 2 aromatic carbocycles. The largest absolute Gasteiger partial charge is 0.493 e. The minimum Gasteiger partial charge on any atom is -0.493 e. The highest BCUT2D eigenvalue weighted by atomic mass is 16.5. The monoisotopic (exact) mass is 797 g/mol. The van der Waals surface area contributed by atoms with Crippen LogP contribution in [0.15, 0.2) is 74.4 Å². The molecule has 0 radical (unpaired) electrons. The zero-order valence-electron chi connectivity index (χ0n) is 34.0. The van der Waals surface area contributed by atoms with Crippen LogP contribution in [0.2, 0.25) is 0 Å². The molecular formula is C40H47N9O9. The molecule has 0 aliphatic rings. The molecule has 0 aliphatic heterocycles. The number of aromatic nitrogens is 9. The van der Waals surface area contributed by atoms with Gasteiger partial charge < -0.3 is 33.3 Å². The molecule has 58 heavy (non-hydrogen) atoms. The fourth-order valence-electron chi connectivity index (χ4n) is 6.39. The summed E-state index contributed by atoms with van der Waals surface area (Å²) in [5.74, 6) is 2.94. The zero-order chi connectivity index (χ0) is 42.3. The SMILES string of the molecule is CC(=O)CCCCn1c(=O)c2c(ncn2C)n(C)c1=O.COc1ccc(Cc2nccc3cc(OC)c(OC)cc23)cc1OC.Cn1c(=O)c2[nH]cnc2n(C)c1=O. The molecule has 5 heterocycles. The molecule has 0 unspecified atom stereocenters. The molecule has 0 atom stereocenters. The summed E-state index contributed by atoms with van der Waals surface area (Å²) in [5, 5.41) is 2.10. The Kier molecular flexibility index (Phi) is 13.3. The van der Waals surface area contributed by atoms with E-state index in [4.69, 9.17) is 18.9 Å². The molecule has 7 rings (SSSR count). The molecule has 0 spiro atoms. The number of H-pyrrole nitrogens is 1. The van der Waals surface area contributed by atoms with Crippen LogP contribution in [0.3, 0.4) is 0 Å². The standard InChI is InChI=1S/C20H21NO4.C13H18N4O3.C7H8N4O2/c1-22-17-6-5-13(10-18(17)23-2)9-16-15-12-20(25-4)19(24-3)11-14(15)7-8-21-16;1-9(18)6-4-5-7-17-12(19)10-11(14-8-15(10)2)16(3)13(17)20;1-10-5-4(8-3-9-5)6(12)11(2)7(10)13/h5-8,10-12H,9H2,1-4H3;8H,4-7H2,1-3H3;3H,1-2H3,(H,8,9). The summed E-state index contributed by atoms with van der Waals surface area (Å²) >= 11 is 0. The molecule has 0 bridgehead atoms. The summed E-state index contributed by atoms with van der Waals surface area (Å²) in [5.41, 5.74) is 2.17. The van der Waals surface area contributed by atoms with Gasteiger partial charge in [0.25, 0.3) is 11.1 Å². The summed E-state index contributed by atoms with van der Waals surface area (Å²) in [4.78, 5) is 73.4. The van der Waals surface area contributed by atoms with Gasteiger partial charge in [-0.3, -0.25) is 32.8 Å². The number of aryl methyl sites for hydroxylation is 3. The first kappa shape index (κ1) is 42.2. The van der Waals surface area contributed by atoms with Gasteiger partial charge in [0.1, 0.15) is 11.3 Å². The lowest BCUT2D eigenvalue weighted by molar-refractivity contribution is -0.117. The van der Waals surface area contributed by atoms with Gasteiger partial charge >= 0.3 is 11.4 Å². The number of methoxy groups -OCH3 is 4. The van der Waals surface area contributed by atoms with Crippen LogP contribution in [0.25, 0.3) is 33.1 Å². The quantitative estimate of drug-likeness (QED) is 0.188. The van der Waals surface area contributed by atoms with E-state index in [0.29, 0.717) is 77.6 Å². The van der Waals surface area contributed by atoms with Crippen LogP contribution in [0, 0.1) is 0 Å². The Labute approximate surface area is 331 Å². The van der Waals surface area contributed by atoms with Crippen LogP contribution in [-0.2, 0) is 46.0 Å². The average molecular weight is 798 g/mol. The summed E-state index contributed by atoms with van der Waals surface area (Å²) in [7, 11) is 12.9. The summed E-state index contributed by atoms with van der Waals surface area (Å²) in [6, 6.07) is 11.8. The van der Waals surface area contributed by atoms with E-state index < -0.39 is 0 Å². The van der Waals surface area contributed by atoms with Gasteiger partial charge in [0, 0.05) is 59.2 Å². The van der Waals surface area contributed by atoms with Crippen molar-refractivity contribution in [2.45, 2.75) is 39.2 Å². The number of Topliss-reactive ketones (excluding diaryl/α,β-unsaturated/α-hetero) is 1. The number of imidazole rings is 2. The Morgan fingerprint density at radius 1 is 0.707 bits per heavy atom. The smallest absolute Gasteiger partial charge is 0.332 e. The topological polar surface area (TPSA) is 201 Å². The second-order valence-electron chi connectivity index (χ2n) is 13.3. The highest BCUT2D eigenvalue weighted by Crippen LogP contribution is 2.34. The molecule has 0 saturated carbocycles. The van der Waals surface area contributed by atoms with Crippen LogP contribution in [0.4, 0.5) is 0 Å². The van der Waals surface area contributed by atoms with Gasteiger partial charge in [-0.05, 0) is 61.0 Å². The van der Waals surface area contributed by atoms with Gasteiger partial charge in [0.2, 0.25) is 0 Å². The fraction of sp³-hybridized carbons (Fsp3) is 0.350. The summed E-state index contributed by atoms with van der Waals surface area (Å²) < 4.78 is 28.1. The molecule has 5 aromatic heterocycles. The molecule has 0 saturated heterocycles. The van der Waals surface area contributed by atoms with E-state index in [9.17, 15) is 24.0 Å². The maximum atomic E-state index is 12.3. The number of hydrogen-bond acceptors (Lipinski definition) is 12. The van der Waals surface area contributed by atoms with Gasteiger partial charge in [0.15, 0.2) is 39.8 Å². The van der Waals surface area contributed by atoms with E-state index in [1.165, 1.54) is 40.3 Å². The Hall–Kier alpha value is -6.98. The molecule has 18 heteroatoms. The van der Waals surface area contributed by atoms with Crippen molar-refractivity contribution in [1.29, 1.82) is 0 Å². The number of pyridine rings is 1. The third-order valence-corrected chi connectivity index (χ3v) is 9.56. The molecule has 0 fully saturated rings. The first-order chi connectivity index (χ1) is 27.8. The second kappa shape index (κ2) is 18.3. The molecule has 0 aliphatic carbocycles. The summed E-state index contributed by atoms with van der Waals surface area (Å²) in [6.07, 6.45) is 7.17. The number of carbonyl (C=O) groups is 1. The average Bonchev–Trinajstić information content (AvgIpc) is 3.88. The third-order valence-electron chi connectivity index (χ3n) is 9.56. The number of aromatic amines is 1. The first-order valence-electron chi connectivity index (χ1n) is 18.2. The molecule has 18 nitrogen and oxygen atoms in total. The summed E-state index contributed by atoms with van der Waals surface area (Å²) in [6.45, 7) is 1.85. The van der Waals surface area contributed by atoms with Crippen molar-refractivity contribution in [1.82, 2.24) is 42.8 Å². The van der Waals surface area contributed by atoms with Gasteiger partial charge in [0.05, 0.1) is 46.8 Å². The van der Waals surface area contributed by atoms with E-state index >= 15 is 0 Å². The molecule has 0 amide bonds. The van der Waals surface area contributed by atoms with Crippen molar-refractivity contribution >= 4 is 38.9 Å². The predicted octanol–water partition coefficient (Wildman–Crippen LogP) is 3.01. The minimum absolute atomic E-state index is 0.118. The lowest BCUT2D eigenvalue weighted by Crippen LogP contribution is -2.39. The van der Waals surface area contributed by atoms with Crippen LogP contribution in [0.1, 0.15) is 37.4 Å². The molecular weight excluding hydrogens is 750 g/mol. The first-order valence-corrected chi connectivity index (χ1v) is 18.2. The fourth-order valence-corrected chi connectivity index (χ4v) is 6.39. The molecule has 7 aromatic rings. The van der Waals surface area contributed by atoms with E-state index in [0.717, 1.165) is 26.6 Å². The van der Waals surface area contributed by atoms with Crippen molar-refractivity contribution < 1.29 is 23.7 Å². The normalized spacial score (nSPS) is 10.8. The Bertz CT molecular complexity index is 2840. The Balaban J connectivity index is 0.000000174. The second-order valence-corrected chi connectivity index (χ2v) is 13.3. The minimum atomic E-state index is -0.371. The molecule has 306 valence electrons. The van der Waals surface area contributed by atoms with Crippen molar-refractivity contribution in [2.75, 3.05) is 28.4 Å². The molecule has 1 N–H and O–H groups in total. The number of benzene rings is 2. The van der Waals surface area contributed by atoms with Crippen LogP contribution in [-0.4, -0.2) is 77.0 Å². The van der Waals surface area contributed by atoms with E-state index in [1.54, 1.807) is 54.1 Å². The van der Waals surface area contributed by atoms with Crippen molar-refractivity contribution in [3.63, 3.8) is 0 Å². The van der Waals surface area contributed by atoms with Gasteiger partial charge in [-0.25, -0.2) is 19.6 Å². The van der Waals surface area contributed by atoms with E-state index in [1.807, 2.05) is 42.6 Å². The third kappa shape index (κ3) is 8.69. The van der Waals surface area contributed by atoms with Gasteiger partial charge in [-0.1, -0.05) is 6.07 Å². The number of ether oxygens (including phenoxy) is 4. The van der Waals surface area contributed by atoms with Crippen molar-refractivity contribution in [3.05, 3.63) is 108 Å². The van der Waals surface area contributed by atoms with Crippen molar-refractivity contribution in [3.8, 4) is 23.0 Å². The van der Waals surface area contributed by atoms with E-state index in [2.05, 4.69) is 19.9 Å². The Morgan fingerprint density at radius 2 is 1.36 bits per heavy atom. The van der Waals surface area contributed by atoms with Gasteiger partial charge in [-0.2, -0.15) is 0 Å². The number of fused-ring (bicyclic) bond motifs is 3. The number of rotatable bonds is 11. The predicted molar refractivity (Wildman–Crippen MR) is 219 cm³/mol. The Morgan fingerprint density at radius 3 is 2.03 bits per heavy atom. The van der Waals surface area contributed by atoms with Gasteiger partial charge in [-0.15, -0.1) is 0 Å². The van der Waals surface area contributed by atoms with Crippen LogP contribution < -0.4 is 41.4 Å². The maximum Gasteiger partial charge on any atom is 0.332 e. The lowest BCUT2D eigenvalue weighted by atomic mass is 10.0. The van der Waals surface area contributed by atoms with Crippen LogP contribution in [0.5, 0.6) is 23.0 Å². The van der Waals surface area contributed by atoms with Crippen molar-refractivity contribution in [2.24, 2.45) is 28.2 Å². The van der Waals surface area contributed by atoms with Crippen LogP contribution >= 0.6 is 0 Å². The highest BCUT2D eigenvalue weighted by molar-refractivity contribution is 5.88. The maximum absolute atomic E-state index is 12.3. The zero-order valence-corrected chi connectivity index (χ0v) is 34.0. The number of nitrogens with one attached hydrogen (secondary N) is 1. The lowest BCUT2D eigenvalue weighted by Gasteiger charge is -2.12.